The number of furan rings is 1. The first-order valence-corrected chi connectivity index (χ1v) is 10.5. The molecule has 0 saturated heterocycles. The van der Waals surface area contributed by atoms with Crippen LogP contribution < -0.4 is 5.32 Å². The van der Waals surface area contributed by atoms with Gasteiger partial charge in [0.05, 0.1) is 12.9 Å². The number of amides is 1. The van der Waals surface area contributed by atoms with Crippen LogP contribution >= 0.6 is 0 Å². The highest BCUT2D eigenvalue weighted by atomic mass is 16.5. The van der Waals surface area contributed by atoms with Gasteiger partial charge in [-0.1, -0.05) is 42.0 Å². The van der Waals surface area contributed by atoms with Gasteiger partial charge >= 0.3 is 0 Å². The lowest BCUT2D eigenvalue weighted by atomic mass is 10.1. The normalized spacial score (nSPS) is 10.9. The van der Waals surface area contributed by atoms with Gasteiger partial charge in [-0.3, -0.25) is 4.79 Å². The van der Waals surface area contributed by atoms with E-state index in [2.05, 4.69) is 15.5 Å². The average Bonchev–Trinajstić information content (AvgIpc) is 3.49. The third-order valence-corrected chi connectivity index (χ3v) is 4.91. The summed E-state index contributed by atoms with van der Waals surface area (Å²) in [5, 5.41) is 11.1. The topological polar surface area (TPSA) is 90.4 Å². The molecule has 0 unspecified atom stereocenters. The minimum atomic E-state index is -0.0699. The molecule has 7 nitrogen and oxygen atoms in total. The van der Waals surface area contributed by atoms with E-state index in [9.17, 15) is 4.79 Å². The Morgan fingerprint density at radius 2 is 1.84 bits per heavy atom. The Balaban J connectivity index is 1.21. The van der Waals surface area contributed by atoms with E-state index in [0.717, 1.165) is 28.0 Å². The maximum Gasteiger partial charge on any atom is 0.247 e. The summed E-state index contributed by atoms with van der Waals surface area (Å²) in [7, 11) is 0. The number of carbonyl (C=O) groups is 1. The van der Waals surface area contributed by atoms with Gasteiger partial charge in [-0.05, 0) is 42.3 Å². The predicted molar refractivity (Wildman–Crippen MR) is 118 cm³/mol. The van der Waals surface area contributed by atoms with Crippen LogP contribution in [0.2, 0.25) is 0 Å². The molecule has 0 radical (unpaired) electrons. The first kappa shape index (κ1) is 21.5. The zero-order chi connectivity index (χ0) is 22.2. The lowest BCUT2D eigenvalue weighted by molar-refractivity contribution is -0.121. The molecule has 0 atom stereocenters. The summed E-state index contributed by atoms with van der Waals surface area (Å²) >= 11 is 0. The van der Waals surface area contributed by atoms with Crippen molar-refractivity contribution in [2.24, 2.45) is 0 Å². The minimum Gasteiger partial charge on any atom is -0.467 e. The van der Waals surface area contributed by atoms with E-state index >= 15 is 0 Å². The van der Waals surface area contributed by atoms with Gasteiger partial charge in [0.2, 0.25) is 17.7 Å². The molecule has 0 fully saturated rings. The van der Waals surface area contributed by atoms with E-state index in [-0.39, 0.29) is 12.3 Å². The van der Waals surface area contributed by atoms with Crippen LogP contribution in [0.3, 0.4) is 0 Å². The standard InChI is InChI=1S/C25H25N3O4/c1-18-7-9-21(10-8-18)25-28-27-24(32-25)12-11-23(29)26-15-19-4-2-5-20(14-19)16-30-17-22-6-3-13-31-22/h2-10,13-14H,11-12,15-17H2,1H3,(H,26,29). The Kier molecular flexibility index (Phi) is 7.09. The minimum absolute atomic E-state index is 0.0699. The zero-order valence-corrected chi connectivity index (χ0v) is 17.9. The fourth-order valence-electron chi connectivity index (χ4n) is 3.17. The molecule has 32 heavy (non-hydrogen) atoms. The van der Waals surface area contributed by atoms with Crippen molar-refractivity contribution in [2.45, 2.75) is 39.5 Å². The Morgan fingerprint density at radius 1 is 1.00 bits per heavy atom. The van der Waals surface area contributed by atoms with Crippen molar-refractivity contribution in [1.82, 2.24) is 15.5 Å². The van der Waals surface area contributed by atoms with Gasteiger partial charge in [0.1, 0.15) is 12.4 Å². The first-order valence-electron chi connectivity index (χ1n) is 10.5. The monoisotopic (exact) mass is 431 g/mol. The van der Waals surface area contributed by atoms with E-state index in [1.807, 2.05) is 67.6 Å². The number of nitrogens with zero attached hydrogens (tertiary/aromatic N) is 2. The molecule has 2 heterocycles. The highest BCUT2D eigenvalue weighted by molar-refractivity contribution is 5.76. The van der Waals surface area contributed by atoms with Crippen molar-refractivity contribution >= 4 is 5.91 Å². The van der Waals surface area contributed by atoms with Crippen LogP contribution in [0, 0.1) is 6.92 Å². The van der Waals surface area contributed by atoms with Crippen molar-refractivity contribution in [3.8, 4) is 11.5 Å². The van der Waals surface area contributed by atoms with Gasteiger partial charge in [0.25, 0.3) is 0 Å². The summed E-state index contributed by atoms with van der Waals surface area (Å²) in [6.45, 7) is 3.37. The van der Waals surface area contributed by atoms with Gasteiger partial charge < -0.3 is 18.9 Å². The number of hydrogen-bond acceptors (Lipinski definition) is 6. The summed E-state index contributed by atoms with van der Waals surface area (Å²) in [5.74, 6) is 1.64. The zero-order valence-electron chi connectivity index (χ0n) is 17.9. The highest BCUT2D eigenvalue weighted by Crippen LogP contribution is 2.18. The molecule has 2 aromatic carbocycles. The SMILES string of the molecule is Cc1ccc(-c2nnc(CCC(=O)NCc3cccc(COCc4ccco4)c3)o2)cc1. The number of carbonyl (C=O) groups excluding carboxylic acids is 1. The molecular formula is C25H25N3O4. The van der Waals surface area contributed by atoms with Crippen molar-refractivity contribution in [2.75, 3.05) is 0 Å². The van der Waals surface area contributed by atoms with Gasteiger partial charge in [0.15, 0.2) is 0 Å². The number of benzene rings is 2. The van der Waals surface area contributed by atoms with Crippen molar-refractivity contribution in [3.63, 3.8) is 0 Å². The van der Waals surface area contributed by atoms with Crippen LogP contribution in [0.4, 0.5) is 0 Å². The number of hydrogen-bond donors (Lipinski definition) is 1. The molecule has 164 valence electrons. The third kappa shape index (κ3) is 6.15. The largest absolute Gasteiger partial charge is 0.467 e. The summed E-state index contributed by atoms with van der Waals surface area (Å²) in [4.78, 5) is 12.3. The number of nitrogens with one attached hydrogen (secondary N) is 1. The van der Waals surface area contributed by atoms with Crippen molar-refractivity contribution < 1.29 is 18.4 Å². The van der Waals surface area contributed by atoms with Gasteiger partial charge in [-0.2, -0.15) is 0 Å². The summed E-state index contributed by atoms with van der Waals surface area (Å²) in [6.07, 6.45) is 2.30. The molecule has 2 aromatic heterocycles. The summed E-state index contributed by atoms with van der Waals surface area (Å²) < 4.78 is 16.6. The van der Waals surface area contributed by atoms with E-state index in [0.29, 0.717) is 38.0 Å². The molecule has 0 aliphatic carbocycles. The van der Waals surface area contributed by atoms with Gasteiger partial charge in [0, 0.05) is 24.9 Å². The fraction of sp³-hybridized carbons (Fsp3) is 0.240. The second-order valence-electron chi connectivity index (χ2n) is 7.54. The van der Waals surface area contributed by atoms with E-state index in [1.54, 1.807) is 6.26 Å². The van der Waals surface area contributed by atoms with Crippen LogP contribution in [0.25, 0.3) is 11.5 Å². The first-order chi connectivity index (χ1) is 15.7. The lowest BCUT2D eigenvalue weighted by Crippen LogP contribution is -2.23. The van der Waals surface area contributed by atoms with Gasteiger partial charge in [-0.25, -0.2) is 0 Å². The Morgan fingerprint density at radius 3 is 2.66 bits per heavy atom. The number of ether oxygens (including phenoxy) is 1. The predicted octanol–water partition coefficient (Wildman–Crippen LogP) is 4.60. The number of rotatable bonds is 10. The van der Waals surface area contributed by atoms with Crippen molar-refractivity contribution in [3.05, 3.63) is 95.3 Å². The number of aryl methyl sites for hydroxylation is 2. The highest BCUT2D eigenvalue weighted by Gasteiger charge is 2.10. The average molecular weight is 431 g/mol. The lowest BCUT2D eigenvalue weighted by Gasteiger charge is -2.07. The van der Waals surface area contributed by atoms with Crippen LogP contribution in [0.5, 0.6) is 0 Å². The third-order valence-electron chi connectivity index (χ3n) is 4.91. The fourth-order valence-corrected chi connectivity index (χ4v) is 3.17. The Bertz CT molecular complexity index is 1130. The molecule has 7 heteroatoms. The molecule has 0 bridgehead atoms. The molecule has 0 aliphatic heterocycles. The Hall–Kier alpha value is -3.71. The van der Waals surface area contributed by atoms with Crippen LogP contribution in [0.15, 0.2) is 75.8 Å². The smallest absolute Gasteiger partial charge is 0.247 e. The maximum absolute atomic E-state index is 12.3. The molecule has 1 amide bonds. The summed E-state index contributed by atoms with van der Waals surface area (Å²) in [6, 6.07) is 19.5. The van der Waals surface area contributed by atoms with Crippen LogP contribution in [-0.2, 0) is 35.7 Å². The molecule has 0 aliphatic rings. The molecule has 1 N–H and O–H groups in total. The quantitative estimate of drug-likeness (QED) is 0.395. The molecule has 0 saturated carbocycles. The van der Waals surface area contributed by atoms with Crippen molar-refractivity contribution in [1.29, 1.82) is 0 Å². The number of aromatic nitrogens is 2. The summed E-state index contributed by atoms with van der Waals surface area (Å²) in [5.41, 5.74) is 4.08. The maximum atomic E-state index is 12.3. The second-order valence-corrected chi connectivity index (χ2v) is 7.54. The molecule has 4 aromatic rings. The van der Waals surface area contributed by atoms with Crippen LogP contribution in [0.1, 0.15) is 34.8 Å². The second kappa shape index (κ2) is 10.5. The van der Waals surface area contributed by atoms with E-state index in [1.165, 1.54) is 0 Å². The molecular weight excluding hydrogens is 406 g/mol. The molecule has 0 spiro atoms. The van der Waals surface area contributed by atoms with Gasteiger partial charge in [-0.15, -0.1) is 10.2 Å². The van der Waals surface area contributed by atoms with Crippen LogP contribution in [-0.4, -0.2) is 16.1 Å². The van der Waals surface area contributed by atoms with E-state index in [4.69, 9.17) is 13.6 Å². The van der Waals surface area contributed by atoms with E-state index < -0.39 is 0 Å². The Labute approximate surface area is 186 Å². The molecule has 4 rings (SSSR count).